The first-order valence-electron chi connectivity index (χ1n) is 5.38. The number of tetrazole rings is 1. The van der Waals surface area contributed by atoms with E-state index >= 15 is 0 Å². The number of anilines is 1. The average Bonchev–Trinajstić information content (AvgIpc) is 2.85. The molecule has 8 nitrogen and oxygen atoms in total. The predicted molar refractivity (Wildman–Crippen MR) is 62.7 cm³/mol. The second-order valence-electron chi connectivity index (χ2n) is 3.75. The van der Waals surface area contributed by atoms with Crippen LogP contribution in [0, 0.1) is 6.92 Å². The molecule has 3 rings (SSSR count). The van der Waals surface area contributed by atoms with Gasteiger partial charge in [0.05, 0.1) is 24.1 Å². The quantitative estimate of drug-likeness (QED) is 0.702. The molecule has 8 heteroatoms. The van der Waals surface area contributed by atoms with Crippen LogP contribution in [0.2, 0.25) is 0 Å². The lowest BCUT2D eigenvalue weighted by atomic mass is 10.4. The van der Waals surface area contributed by atoms with Crippen LogP contribution in [-0.4, -0.2) is 35.2 Å². The molecule has 3 heterocycles. The van der Waals surface area contributed by atoms with Crippen molar-refractivity contribution in [3.05, 3.63) is 35.9 Å². The van der Waals surface area contributed by atoms with E-state index in [1.165, 1.54) is 4.63 Å². The Bertz CT molecular complexity index is 659. The van der Waals surface area contributed by atoms with Gasteiger partial charge in [0.2, 0.25) is 0 Å². The molecule has 3 aromatic heterocycles. The second-order valence-corrected chi connectivity index (χ2v) is 3.75. The maximum absolute atomic E-state index is 4.25. The minimum atomic E-state index is 0.550. The molecule has 0 spiro atoms. The van der Waals surface area contributed by atoms with Gasteiger partial charge in [-0.1, -0.05) is 0 Å². The summed E-state index contributed by atoms with van der Waals surface area (Å²) < 4.78 is 1.36. The number of hydrogen-bond donors (Lipinski definition) is 1. The summed E-state index contributed by atoms with van der Waals surface area (Å²) in [7, 11) is 0. The lowest BCUT2D eigenvalue weighted by Crippen LogP contribution is -2.06. The molecular weight excluding hydrogens is 232 g/mol. The van der Waals surface area contributed by atoms with Crippen molar-refractivity contribution in [3.8, 4) is 0 Å². The van der Waals surface area contributed by atoms with Crippen molar-refractivity contribution >= 4 is 11.5 Å². The number of aromatic nitrogens is 7. The van der Waals surface area contributed by atoms with E-state index in [2.05, 4.69) is 35.9 Å². The zero-order valence-corrected chi connectivity index (χ0v) is 9.65. The van der Waals surface area contributed by atoms with Crippen molar-refractivity contribution in [2.75, 3.05) is 5.32 Å². The SMILES string of the molecule is Cc1cnc(CNc2ccc3nnnn3n2)cn1. The van der Waals surface area contributed by atoms with Crippen molar-refractivity contribution in [2.45, 2.75) is 13.5 Å². The van der Waals surface area contributed by atoms with E-state index in [-0.39, 0.29) is 0 Å². The van der Waals surface area contributed by atoms with Gasteiger partial charge in [0.1, 0.15) is 5.82 Å². The van der Waals surface area contributed by atoms with Crippen molar-refractivity contribution in [2.24, 2.45) is 0 Å². The Morgan fingerprint density at radius 3 is 3.00 bits per heavy atom. The standard InChI is InChI=1S/C10H10N8/c1-7-4-12-8(5-11-7)6-13-9-2-3-10-14-16-17-18(10)15-9/h2-5H,6H2,1H3,(H,13,15). The van der Waals surface area contributed by atoms with E-state index in [1.807, 2.05) is 13.0 Å². The molecule has 0 aromatic carbocycles. The number of nitrogens with one attached hydrogen (secondary N) is 1. The molecule has 3 aromatic rings. The lowest BCUT2D eigenvalue weighted by Gasteiger charge is -2.04. The predicted octanol–water partition coefficient (Wildman–Crippen LogP) is 0.230. The van der Waals surface area contributed by atoms with Crippen molar-refractivity contribution in [1.29, 1.82) is 0 Å². The van der Waals surface area contributed by atoms with Crippen molar-refractivity contribution in [3.63, 3.8) is 0 Å². The molecule has 0 unspecified atom stereocenters. The van der Waals surface area contributed by atoms with Crippen LogP contribution in [0.4, 0.5) is 5.82 Å². The molecule has 1 N–H and O–H groups in total. The van der Waals surface area contributed by atoms with Gasteiger partial charge in [-0.3, -0.25) is 9.97 Å². The van der Waals surface area contributed by atoms with Gasteiger partial charge in [-0.25, -0.2) is 0 Å². The topological polar surface area (TPSA) is 93.8 Å². The molecule has 0 fully saturated rings. The first-order chi connectivity index (χ1) is 8.81. The molecule has 0 bridgehead atoms. The van der Waals surface area contributed by atoms with E-state index in [1.54, 1.807) is 18.5 Å². The Hall–Kier alpha value is -2.64. The number of aryl methyl sites for hydroxylation is 1. The van der Waals surface area contributed by atoms with Crippen LogP contribution in [0.25, 0.3) is 5.65 Å². The summed E-state index contributed by atoms with van der Waals surface area (Å²) in [6.45, 7) is 2.45. The van der Waals surface area contributed by atoms with E-state index in [0.29, 0.717) is 18.0 Å². The zero-order valence-electron chi connectivity index (χ0n) is 9.65. The largest absolute Gasteiger partial charge is 0.363 e. The van der Waals surface area contributed by atoms with Gasteiger partial charge in [-0.05, 0) is 29.5 Å². The highest BCUT2D eigenvalue weighted by Gasteiger charge is 2.01. The molecule has 0 aliphatic heterocycles. The minimum absolute atomic E-state index is 0.550. The molecule has 0 atom stereocenters. The highest BCUT2D eigenvalue weighted by molar-refractivity contribution is 5.42. The first kappa shape index (κ1) is 10.5. The molecule has 0 amide bonds. The second kappa shape index (κ2) is 4.32. The smallest absolute Gasteiger partial charge is 0.200 e. The van der Waals surface area contributed by atoms with Gasteiger partial charge in [0.25, 0.3) is 0 Å². The number of hydrogen-bond acceptors (Lipinski definition) is 7. The maximum Gasteiger partial charge on any atom is 0.200 e. The molecule has 0 radical (unpaired) electrons. The van der Waals surface area contributed by atoms with Crippen molar-refractivity contribution in [1.82, 2.24) is 35.2 Å². The Labute approximate surface area is 102 Å². The fourth-order valence-electron chi connectivity index (χ4n) is 1.44. The fraction of sp³-hybridized carbons (Fsp3) is 0.200. The van der Waals surface area contributed by atoms with Gasteiger partial charge >= 0.3 is 0 Å². The molecule has 0 aliphatic carbocycles. The van der Waals surface area contributed by atoms with Crippen LogP contribution < -0.4 is 5.32 Å². The summed E-state index contributed by atoms with van der Waals surface area (Å²) in [4.78, 5) is 8.42. The van der Waals surface area contributed by atoms with E-state index in [0.717, 1.165) is 11.4 Å². The van der Waals surface area contributed by atoms with Gasteiger partial charge in [-0.2, -0.15) is 0 Å². The van der Waals surface area contributed by atoms with E-state index < -0.39 is 0 Å². The van der Waals surface area contributed by atoms with E-state index in [9.17, 15) is 0 Å². The van der Waals surface area contributed by atoms with Gasteiger partial charge < -0.3 is 5.32 Å². The van der Waals surface area contributed by atoms with Crippen LogP contribution >= 0.6 is 0 Å². The summed E-state index contributed by atoms with van der Waals surface area (Å²) in [5, 5.41) is 18.3. The van der Waals surface area contributed by atoms with E-state index in [4.69, 9.17) is 0 Å². The zero-order chi connectivity index (χ0) is 12.4. The third-order valence-corrected chi connectivity index (χ3v) is 2.35. The summed E-state index contributed by atoms with van der Waals surface area (Å²) in [5.74, 6) is 0.678. The highest BCUT2D eigenvalue weighted by atomic mass is 15.6. The molecule has 18 heavy (non-hydrogen) atoms. The monoisotopic (exact) mass is 242 g/mol. The third-order valence-electron chi connectivity index (χ3n) is 2.35. The normalized spacial score (nSPS) is 10.7. The summed E-state index contributed by atoms with van der Waals surface area (Å²) in [6.07, 6.45) is 3.47. The van der Waals surface area contributed by atoms with Crippen LogP contribution in [0.1, 0.15) is 11.4 Å². The minimum Gasteiger partial charge on any atom is -0.363 e. The Balaban J connectivity index is 1.74. The first-order valence-corrected chi connectivity index (χ1v) is 5.38. The van der Waals surface area contributed by atoms with Gasteiger partial charge in [0, 0.05) is 6.20 Å². The average molecular weight is 242 g/mol. The van der Waals surface area contributed by atoms with Crippen LogP contribution in [0.3, 0.4) is 0 Å². The van der Waals surface area contributed by atoms with Crippen molar-refractivity contribution < 1.29 is 0 Å². The molecule has 90 valence electrons. The summed E-state index contributed by atoms with van der Waals surface area (Å²) in [6, 6.07) is 3.60. The molecule has 0 saturated carbocycles. The summed E-state index contributed by atoms with van der Waals surface area (Å²) >= 11 is 0. The number of rotatable bonds is 3. The Morgan fingerprint density at radius 1 is 1.22 bits per heavy atom. The molecule has 0 aliphatic rings. The van der Waals surface area contributed by atoms with Crippen LogP contribution in [0.15, 0.2) is 24.5 Å². The Morgan fingerprint density at radius 2 is 2.17 bits per heavy atom. The molecule has 0 saturated heterocycles. The summed E-state index contributed by atoms with van der Waals surface area (Å²) in [5.41, 5.74) is 2.35. The molecular formula is C10H10N8. The van der Waals surface area contributed by atoms with Crippen LogP contribution in [0.5, 0.6) is 0 Å². The maximum atomic E-state index is 4.25. The number of nitrogens with zero attached hydrogens (tertiary/aromatic N) is 7. The van der Waals surface area contributed by atoms with Gasteiger partial charge in [-0.15, -0.1) is 14.8 Å². The van der Waals surface area contributed by atoms with Gasteiger partial charge in [0.15, 0.2) is 5.65 Å². The highest BCUT2D eigenvalue weighted by Crippen LogP contribution is 2.05. The fourth-order valence-corrected chi connectivity index (χ4v) is 1.44. The van der Waals surface area contributed by atoms with Crippen LogP contribution in [-0.2, 0) is 6.54 Å². The third kappa shape index (κ3) is 2.08. The number of fused-ring (bicyclic) bond motifs is 1. The Kier molecular flexibility index (Phi) is 2.52. The lowest BCUT2D eigenvalue weighted by molar-refractivity contribution is 0.733.